The molecule has 3 nitrogen and oxygen atoms in total. The summed E-state index contributed by atoms with van der Waals surface area (Å²) in [5.74, 6) is 1.46. The summed E-state index contributed by atoms with van der Waals surface area (Å²) in [5.41, 5.74) is 0. The number of hydrogen-bond donors (Lipinski definition) is 0. The summed E-state index contributed by atoms with van der Waals surface area (Å²) < 4.78 is 0. The van der Waals surface area contributed by atoms with Gasteiger partial charge in [-0.1, -0.05) is 20.8 Å². The molecule has 0 N–H and O–H groups in total. The van der Waals surface area contributed by atoms with E-state index in [9.17, 15) is 4.79 Å². The van der Waals surface area contributed by atoms with Crippen molar-refractivity contribution in [2.75, 3.05) is 13.1 Å². The molecule has 16 heavy (non-hydrogen) atoms. The van der Waals surface area contributed by atoms with Crippen LogP contribution >= 0.6 is 0 Å². The number of nitrogens with zero attached hydrogens (tertiary/aromatic N) is 2. The number of rotatable bonds is 6. The Kier molecular flexibility index (Phi) is 4.79. The zero-order valence-corrected chi connectivity index (χ0v) is 10.6. The highest BCUT2D eigenvalue weighted by Gasteiger charge is 2.34. The fourth-order valence-electron chi connectivity index (χ4n) is 2.00. The van der Waals surface area contributed by atoms with Gasteiger partial charge in [0.2, 0.25) is 5.91 Å². The van der Waals surface area contributed by atoms with Crippen LogP contribution in [0.3, 0.4) is 0 Å². The minimum Gasteiger partial charge on any atom is -0.341 e. The van der Waals surface area contributed by atoms with Crippen LogP contribution < -0.4 is 0 Å². The Hall–Kier alpha value is -1.04. The van der Waals surface area contributed by atoms with E-state index in [-0.39, 0.29) is 11.8 Å². The maximum atomic E-state index is 12.2. The largest absolute Gasteiger partial charge is 0.341 e. The molecule has 0 aliphatic heterocycles. The molecular formula is C13H22N2O. The lowest BCUT2D eigenvalue weighted by Gasteiger charge is -2.26. The van der Waals surface area contributed by atoms with E-state index in [2.05, 4.69) is 19.9 Å². The van der Waals surface area contributed by atoms with Crippen molar-refractivity contribution in [3.05, 3.63) is 0 Å². The van der Waals surface area contributed by atoms with Crippen molar-refractivity contribution in [3.63, 3.8) is 0 Å². The molecule has 1 saturated carbocycles. The third kappa shape index (κ3) is 3.84. The van der Waals surface area contributed by atoms with E-state index in [4.69, 9.17) is 5.26 Å². The zero-order chi connectivity index (χ0) is 12.1. The Morgan fingerprint density at radius 2 is 2.06 bits per heavy atom. The summed E-state index contributed by atoms with van der Waals surface area (Å²) in [5, 5.41) is 8.60. The van der Waals surface area contributed by atoms with E-state index in [0.717, 1.165) is 6.54 Å². The normalized spacial score (nSPS) is 16.9. The van der Waals surface area contributed by atoms with Gasteiger partial charge in [0.15, 0.2) is 0 Å². The second-order valence-electron chi connectivity index (χ2n) is 5.21. The van der Waals surface area contributed by atoms with E-state index in [1.165, 1.54) is 12.8 Å². The van der Waals surface area contributed by atoms with Crippen molar-refractivity contribution >= 4 is 5.91 Å². The highest BCUT2D eigenvalue weighted by Crippen LogP contribution is 2.37. The first-order valence-corrected chi connectivity index (χ1v) is 6.22. The van der Waals surface area contributed by atoms with Gasteiger partial charge in [0.05, 0.1) is 12.5 Å². The van der Waals surface area contributed by atoms with Crippen molar-refractivity contribution in [2.24, 2.45) is 17.8 Å². The number of hydrogen-bond acceptors (Lipinski definition) is 2. The Balaban J connectivity index is 2.52. The van der Waals surface area contributed by atoms with E-state index in [1.807, 2.05) is 11.8 Å². The van der Waals surface area contributed by atoms with Crippen LogP contribution in [0.4, 0.5) is 0 Å². The molecule has 1 aliphatic rings. The Labute approximate surface area is 98.4 Å². The number of nitriles is 1. The van der Waals surface area contributed by atoms with Crippen LogP contribution in [0.15, 0.2) is 0 Å². The van der Waals surface area contributed by atoms with Gasteiger partial charge in [-0.15, -0.1) is 0 Å². The second-order valence-corrected chi connectivity index (χ2v) is 5.21. The fourth-order valence-corrected chi connectivity index (χ4v) is 2.00. The predicted octanol–water partition coefficient (Wildman–Crippen LogP) is 2.43. The Morgan fingerprint density at radius 1 is 1.44 bits per heavy atom. The maximum absolute atomic E-state index is 12.2. The van der Waals surface area contributed by atoms with Crippen molar-refractivity contribution in [1.29, 1.82) is 5.26 Å². The molecule has 0 aromatic heterocycles. The Morgan fingerprint density at radius 3 is 2.50 bits per heavy atom. The van der Waals surface area contributed by atoms with Gasteiger partial charge < -0.3 is 4.90 Å². The SMILES string of the molecule is CC(C)CN(CCC#N)C(=O)C(C)C1CC1. The van der Waals surface area contributed by atoms with E-state index in [1.54, 1.807) is 0 Å². The lowest BCUT2D eigenvalue weighted by atomic mass is 10.0. The highest BCUT2D eigenvalue weighted by molar-refractivity contribution is 5.79. The summed E-state index contributed by atoms with van der Waals surface area (Å²) in [7, 11) is 0. The van der Waals surface area contributed by atoms with Crippen LogP contribution in [0.25, 0.3) is 0 Å². The zero-order valence-electron chi connectivity index (χ0n) is 10.6. The third-order valence-corrected chi connectivity index (χ3v) is 3.11. The first kappa shape index (κ1) is 13.0. The number of carbonyl (C=O) groups is 1. The molecule has 0 aromatic carbocycles. The van der Waals surface area contributed by atoms with Crippen LogP contribution in [0.5, 0.6) is 0 Å². The number of carbonyl (C=O) groups excluding carboxylic acids is 1. The molecule has 0 heterocycles. The maximum Gasteiger partial charge on any atom is 0.225 e. The van der Waals surface area contributed by atoms with Crippen LogP contribution in [0.2, 0.25) is 0 Å². The highest BCUT2D eigenvalue weighted by atomic mass is 16.2. The van der Waals surface area contributed by atoms with Crippen molar-refractivity contribution in [1.82, 2.24) is 4.90 Å². The van der Waals surface area contributed by atoms with Gasteiger partial charge in [-0.3, -0.25) is 4.79 Å². The Bertz CT molecular complexity index is 276. The lowest BCUT2D eigenvalue weighted by Crippen LogP contribution is -2.39. The minimum atomic E-state index is 0.150. The lowest BCUT2D eigenvalue weighted by molar-refractivity contribution is -0.136. The van der Waals surface area contributed by atoms with Crippen LogP contribution in [0.1, 0.15) is 40.0 Å². The van der Waals surface area contributed by atoms with Gasteiger partial charge in [0.25, 0.3) is 0 Å². The monoisotopic (exact) mass is 222 g/mol. The van der Waals surface area contributed by atoms with Crippen molar-refractivity contribution in [2.45, 2.75) is 40.0 Å². The molecule has 0 spiro atoms. The summed E-state index contributed by atoms with van der Waals surface area (Å²) >= 11 is 0. The van der Waals surface area contributed by atoms with Gasteiger partial charge in [-0.25, -0.2) is 0 Å². The fraction of sp³-hybridized carbons (Fsp3) is 0.846. The minimum absolute atomic E-state index is 0.150. The smallest absolute Gasteiger partial charge is 0.225 e. The summed E-state index contributed by atoms with van der Waals surface area (Å²) in [4.78, 5) is 14.1. The third-order valence-electron chi connectivity index (χ3n) is 3.11. The standard InChI is InChI=1S/C13H22N2O/c1-10(2)9-15(8-4-7-14)13(16)11(3)12-5-6-12/h10-12H,4-6,8-9H2,1-3H3. The topological polar surface area (TPSA) is 44.1 Å². The molecule has 1 unspecified atom stereocenters. The molecule has 0 bridgehead atoms. The molecule has 1 rings (SSSR count). The molecular weight excluding hydrogens is 200 g/mol. The predicted molar refractivity (Wildman–Crippen MR) is 63.5 cm³/mol. The molecule has 1 atom stereocenters. The molecule has 1 fully saturated rings. The van der Waals surface area contributed by atoms with Crippen LogP contribution in [0, 0.1) is 29.1 Å². The molecule has 0 aromatic rings. The summed E-state index contributed by atoms with van der Waals surface area (Å²) in [6.45, 7) is 7.60. The molecule has 0 radical (unpaired) electrons. The van der Waals surface area contributed by atoms with Gasteiger partial charge in [0.1, 0.15) is 0 Å². The molecule has 0 saturated heterocycles. The molecule has 1 aliphatic carbocycles. The number of amides is 1. The van der Waals surface area contributed by atoms with Gasteiger partial charge in [0, 0.05) is 19.0 Å². The molecule has 3 heteroatoms. The average molecular weight is 222 g/mol. The average Bonchev–Trinajstić information content (AvgIpc) is 3.05. The quantitative estimate of drug-likeness (QED) is 0.692. The first-order chi connectivity index (χ1) is 7.56. The summed E-state index contributed by atoms with van der Waals surface area (Å²) in [6, 6.07) is 2.12. The molecule has 90 valence electrons. The summed E-state index contributed by atoms with van der Waals surface area (Å²) in [6.07, 6.45) is 2.83. The van der Waals surface area contributed by atoms with Gasteiger partial charge >= 0.3 is 0 Å². The van der Waals surface area contributed by atoms with E-state index >= 15 is 0 Å². The molecule has 1 amide bonds. The van der Waals surface area contributed by atoms with Gasteiger partial charge in [-0.05, 0) is 24.7 Å². The van der Waals surface area contributed by atoms with Crippen LogP contribution in [-0.2, 0) is 4.79 Å². The van der Waals surface area contributed by atoms with E-state index in [0.29, 0.717) is 24.8 Å². The van der Waals surface area contributed by atoms with Crippen LogP contribution in [-0.4, -0.2) is 23.9 Å². The van der Waals surface area contributed by atoms with E-state index < -0.39 is 0 Å². The first-order valence-electron chi connectivity index (χ1n) is 6.22. The second kappa shape index (κ2) is 5.89. The van der Waals surface area contributed by atoms with Crippen molar-refractivity contribution < 1.29 is 4.79 Å². The van der Waals surface area contributed by atoms with Crippen molar-refractivity contribution in [3.8, 4) is 6.07 Å². The van der Waals surface area contributed by atoms with Gasteiger partial charge in [-0.2, -0.15) is 5.26 Å².